The van der Waals surface area contributed by atoms with Crippen LogP contribution in [0.15, 0.2) is 71.6 Å². The average Bonchev–Trinajstić information content (AvgIpc) is 3.09. The first-order valence-electron chi connectivity index (χ1n) is 8.82. The van der Waals surface area contributed by atoms with Crippen LogP contribution in [0.25, 0.3) is 21.5 Å². The number of fused-ring (bicyclic) bond motifs is 1. The van der Waals surface area contributed by atoms with E-state index in [-0.39, 0.29) is 10.6 Å². The third kappa shape index (κ3) is 2.46. The van der Waals surface area contributed by atoms with Crippen LogP contribution in [-0.2, 0) is 22.9 Å². The molecule has 1 aliphatic carbocycles. The topological polar surface area (TPSA) is 66.4 Å². The van der Waals surface area contributed by atoms with Crippen LogP contribution < -0.4 is 4.72 Å². The molecule has 0 fully saturated rings. The minimum atomic E-state index is -3.78. The molecule has 4 aromatic rings. The van der Waals surface area contributed by atoms with E-state index >= 15 is 0 Å². The van der Waals surface area contributed by atoms with Crippen molar-refractivity contribution in [1.82, 2.24) is 0 Å². The lowest BCUT2D eigenvalue weighted by Crippen LogP contribution is -2.14. The fraction of sp³-hybridized carbons (Fsp3) is 0.0909. The van der Waals surface area contributed by atoms with Crippen LogP contribution in [0, 0.1) is 0 Å². The zero-order chi connectivity index (χ0) is 18.6. The Labute approximate surface area is 157 Å². The Kier molecular flexibility index (Phi) is 3.42. The molecule has 0 unspecified atom stereocenters. The largest absolute Gasteiger partial charge is 0.507 e. The highest BCUT2D eigenvalue weighted by molar-refractivity contribution is 7.93. The lowest BCUT2D eigenvalue weighted by Gasteiger charge is -2.14. The Morgan fingerprint density at radius 1 is 0.741 bits per heavy atom. The summed E-state index contributed by atoms with van der Waals surface area (Å²) in [5.74, 6) is 0.124. The Morgan fingerprint density at radius 3 is 2.26 bits per heavy atom. The summed E-state index contributed by atoms with van der Waals surface area (Å²) < 4.78 is 29.1. The number of benzene rings is 4. The molecule has 2 N–H and O–H groups in total. The fourth-order valence-corrected chi connectivity index (χ4v) is 5.31. The van der Waals surface area contributed by atoms with E-state index in [0.29, 0.717) is 16.5 Å². The lowest BCUT2D eigenvalue weighted by atomic mass is 10.1. The van der Waals surface area contributed by atoms with Crippen LogP contribution in [-0.4, -0.2) is 13.5 Å². The standard InChI is InChI=1S/C22H17NO3S/c24-20-12-11-19(16-5-1-2-6-17(16)20)23-27(25,26)21-13-10-15-9-8-14-4-3-7-18(21)22(14)15/h1-7,10-13,23-24H,8-9H2. The van der Waals surface area contributed by atoms with Crippen molar-refractivity contribution in [3.05, 3.63) is 77.9 Å². The number of phenols is 1. The molecule has 4 aromatic carbocycles. The predicted octanol–water partition coefficient (Wildman–Crippen LogP) is 4.60. The summed E-state index contributed by atoms with van der Waals surface area (Å²) in [5.41, 5.74) is 2.86. The molecule has 5 rings (SSSR count). The SMILES string of the molecule is O=S(=O)(Nc1ccc(O)c2ccccc12)c1ccc2c3c(cccc13)CC2. The second-order valence-electron chi connectivity index (χ2n) is 6.85. The van der Waals surface area contributed by atoms with Gasteiger partial charge in [0.1, 0.15) is 5.75 Å². The number of aromatic hydroxyl groups is 1. The van der Waals surface area contributed by atoms with Gasteiger partial charge in [0.2, 0.25) is 0 Å². The molecule has 0 atom stereocenters. The number of rotatable bonds is 3. The molecule has 4 nitrogen and oxygen atoms in total. The van der Waals surface area contributed by atoms with Crippen LogP contribution in [0.5, 0.6) is 5.75 Å². The summed E-state index contributed by atoms with van der Waals surface area (Å²) in [4.78, 5) is 0.280. The quantitative estimate of drug-likeness (QED) is 0.514. The molecule has 0 saturated heterocycles. The van der Waals surface area contributed by atoms with Gasteiger partial charge >= 0.3 is 0 Å². The highest BCUT2D eigenvalue weighted by Crippen LogP contribution is 2.36. The molecule has 0 heterocycles. The van der Waals surface area contributed by atoms with Gasteiger partial charge in [-0.25, -0.2) is 8.42 Å². The summed E-state index contributed by atoms with van der Waals surface area (Å²) in [5, 5.41) is 13.1. The summed E-state index contributed by atoms with van der Waals surface area (Å²) in [6.45, 7) is 0. The number of anilines is 1. The lowest BCUT2D eigenvalue weighted by molar-refractivity contribution is 0.481. The zero-order valence-electron chi connectivity index (χ0n) is 14.4. The van der Waals surface area contributed by atoms with E-state index < -0.39 is 10.0 Å². The maximum Gasteiger partial charge on any atom is 0.262 e. The van der Waals surface area contributed by atoms with Crippen LogP contribution >= 0.6 is 0 Å². The summed E-state index contributed by atoms with van der Waals surface area (Å²) in [6, 6.07) is 19.8. The van der Waals surface area contributed by atoms with Crippen molar-refractivity contribution in [2.75, 3.05) is 4.72 Å². The molecule has 0 bridgehead atoms. The van der Waals surface area contributed by atoms with Gasteiger partial charge < -0.3 is 5.11 Å². The van der Waals surface area contributed by atoms with E-state index in [9.17, 15) is 13.5 Å². The first kappa shape index (κ1) is 16.1. The van der Waals surface area contributed by atoms with Gasteiger partial charge in [0.25, 0.3) is 10.0 Å². The van der Waals surface area contributed by atoms with Gasteiger partial charge in [0.05, 0.1) is 10.6 Å². The minimum absolute atomic E-state index is 0.124. The van der Waals surface area contributed by atoms with Crippen molar-refractivity contribution in [3.63, 3.8) is 0 Å². The van der Waals surface area contributed by atoms with Crippen LogP contribution in [0.1, 0.15) is 11.1 Å². The van der Waals surface area contributed by atoms with Gasteiger partial charge in [-0.3, -0.25) is 4.72 Å². The first-order valence-corrected chi connectivity index (χ1v) is 10.3. The van der Waals surface area contributed by atoms with Crippen molar-refractivity contribution in [2.24, 2.45) is 0 Å². The van der Waals surface area contributed by atoms with E-state index in [0.717, 1.165) is 23.6 Å². The number of aryl methyl sites for hydroxylation is 2. The number of sulfonamides is 1. The van der Waals surface area contributed by atoms with E-state index in [1.54, 1.807) is 24.3 Å². The van der Waals surface area contributed by atoms with E-state index in [4.69, 9.17) is 0 Å². The molecular formula is C22H17NO3S. The average molecular weight is 375 g/mol. The van der Waals surface area contributed by atoms with Crippen LogP contribution in [0.4, 0.5) is 5.69 Å². The summed E-state index contributed by atoms with van der Waals surface area (Å²) >= 11 is 0. The molecular weight excluding hydrogens is 358 g/mol. The number of hydrogen-bond donors (Lipinski definition) is 2. The van der Waals surface area contributed by atoms with E-state index in [1.807, 2.05) is 30.3 Å². The monoisotopic (exact) mass is 375 g/mol. The number of phenolic OH excluding ortho intramolecular Hbond substituents is 1. The summed E-state index contributed by atoms with van der Waals surface area (Å²) in [6.07, 6.45) is 1.90. The third-order valence-electron chi connectivity index (χ3n) is 5.27. The fourth-order valence-electron chi connectivity index (χ4n) is 4.03. The van der Waals surface area contributed by atoms with Crippen molar-refractivity contribution in [2.45, 2.75) is 17.7 Å². The maximum atomic E-state index is 13.2. The third-order valence-corrected chi connectivity index (χ3v) is 6.70. The summed E-state index contributed by atoms with van der Waals surface area (Å²) in [7, 11) is -3.78. The normalized spacial score (nSPS) is 13.3. The number of nitrogens with one attached hydrogen (secondary N) is 1. The van der Waals surface area contributed by atoms with Crippen molar-refractivity contribution in [1.29, 1.82) is 0 Å². The molecule has 0 saturated carbocycles. The van der Waals surface area contributed by atoms with Crippen molar-refractivity contribution in [3.8, 4) is 5.75 Å². The van der Waals surface area contributed by atoms with Gasteiger partial charge in [-0.1, -0.05) is 48.5 Å². The molecule has 1 aliphatic rings. The highest BCUT2D eigenvalue weighted by Gasteiger charge is 2.23. The first-order chi connectivity index (χ1) is 13.0. The molecule has 0 aromatic heterocycles. The van der Waals surface area contributed by atoms with Crippen molar-refractivity contribution < 1.29 is 13.5 Å². The van der Waals surface area contributed by atoms with Crippen LogP contribution in [0.3, 0.4) is 0 Å². The molecule has 0 radical (unpaired) electrons. The number of hydrogen-bond acceptors (Lipinski definition) is 3. The van der Waals surface area contributed by atoms with Gasteiger partial charge in [-0.15, -0.1) is 0 Å². The molecule has 0 aliphatic heterocycles. The van der Waals surface area contributed by atoms with Crippen LogP contribution in [0.2, 0.25) is 0 Å². The maximum absolute atomic E-state index is 13.2. The van der Waals surface area contributed by atoms with Gasteiger partial charge in [-0.2, -0.15) is 0 Å². The Bertz CT molecular complexity index is 1320. The minimum Gasteiger partial charge on any atom is -0.507 e. The van der Waals surface area contributed by atoms with Gasteiger partial charge in [0.15, 0.2) is 0 Å². The molecule has 0 spiro atoms. The predicted molar refractivity (Wildman–Crippen MR) is 108 cm³/mol. The zero-order valence-corrected chi connectivity index (χ0v) is 15.3. The Morgan fingerprint density at radius 2 is 1.44 bits per heavy atom. The Hall–Kier alpha value is -3.05. The van der Waals surface area contributed by atoms with E-state index in [2.05, 4.69) is 10.8 Å². The second kappa shape index (κ2) is 5.72. The van der Waals surface area contributed by atoms with Crippen molar-refractivity contribution >= 4 is 37.3 Å². The molecule has 134 valence electrons. The Balaban J connectivity index is 1.68. The second-order valence-corrected chi connectivity index (χ2v) is 8.50. The highest BCUT2D eigenvalue weighted by atomic mass is 32.2. The van der Waals surface area contributed by atoms with E-state index in [1.165, 1.54) is 17.2 Å². The smallest absolute Gasteiger partial charge is 0.262 e. The van der Waals surface area contributed by atoms with Gasteiger partial charge in [-0.05, 0) is 47.6 Å². The molecule has 0 amide bonds. The van der Waals surface area contributed by atoms with Gasteiger partial charge in [0, 0.05) is 16.2 Å². The molecule has 27 heavy (non-hydrogen) atoms. The molecule has 5 heteroatoms.